The number of amides is 2. The van der Waals surface area contributed by atoms with Crippen LogP contribution < -0.4 is 24.8 Å². The van der Waals surface area contributed by atoms with E-state index >= 15 is 0 Å². The van der Waals surface area contributed by atoms with Crippen molar-refractivity contribution in [3.8, 4) is 23.0 Å². The van der Waals surface area contributed by atoms with Gasteiger partial charge in [0.05, 0.1) is 12.6 Å². The first-order chi connectivity index (χ1) is 20.9. The van der Waals surface area contributed by atoms with E-state index in [1.54, 1.807) is 49.7 Å². The highest BCUT2D eigenvalue weighted by molar-refractivity contribution is 6.16. The summed E-state index contributed by atoms with van der Waals surface area (Å²) in [5, 5.41) is 6.28. The van der Waals surface area contributed by atoms with E-state index in [9.17, 15) is 14.0 Å². The molecule has 0 aliphatic heterocycles. The predicted molar refractivity (Wildman–Crippen MR) is 161 cm³/mol. The van der Waals surface area contributed by atoms with Gasteiger partial charge < -0.3 is 24.8 Å². The van der Waals surface area contributed by atoms with Crippen molar-refractivity contribution in [3.63, 3.8) is 0 Å². The molecule has 4 aromatic carbocycles. The zero-order chi connectivity index (χ0) is 29.8. The number of nitrogens with zero attached hydrogens (tertiary/aromatic N) is 1. The third-order valence-electron chi connectivity index (χ3n) is 7.29. The molecule has 1 fully saturated rings. The first-order valence-electron chi connectivity index (χ1n) is 13.7. The number of carbonyl (C=O) groups is 2. The smallest absolute Gasteiger partial charge is 0.240 e. The summed E-state index contributed by atoms with van der Waals surface area (Å²) in [7, 11) is 1.58. The molecule has 1 aromatic heterocycles. The lowest BCUT2D eigenvalue weighted by atomic mass is 10.0. The molecule has 0 bridgehead atoms. The molecule has 216 valence electrons. The highest BCUT2D eigenvalue weighted by Crippen LogP contribution is 2.47. The fraction of sp³-hybridized carbons (Fsp3) is 0.147. The molecule has 2 amide bonds. The van der Waals surface area contributed by atoms with Gasteiger partial charge in [-0.05, 0) is 79.1 Å². The summed E-state index contributed by atoms with van der Waals surface area (Å²) in [6.07, 6.45) is 2.52. The minimum absolute atomic E-state index is 0.377. The van der Waals surface area contributed by atoms with Crippen LogP contribution in [-0.4, -0.2) is 23.9 Å². The van der Waals surface area contributed by atoms with Crippen molar-refractivity contribution in [1.82, 2.24) is 4.98 Å². The Balaban J connectivity index is 1.14. The number of benzene rings is 4. The van der Waals surface area contributed by atoms with Crippen LogP contribution in [-0.2, 0) is 16.2 Å². The SMILES string of the molecule is COc1cc2nccc(Oc3ccc(NC(=O)C4(C(=O)Nc5ccc(F)cc5)CC4)cc3)c2cc1OCc1ccccc1. The summed E-state index contributed by atoms with van der Waals surface area (Å²) in [6, 6.07) is 27.6. The molecule has 2 N–H and O–H groups in total. The fourth-order valence-corrected chi connectivity index (χ4v) is 4.68. The Morgan fingerprint density at radius 3 is 2.09 bits per heavy atom. The molecule has 0 saturated heterocycles. The summed E-state index contributed by atoms with van der Waals surface area (Å²) >= 11 is 0. The molecule has 1 heterocycles. The van der Waals surface area contributed by atoms with Crippen LogP contribution in [0, 0.1) is 11.2 Å². The molecule has 1 aliphatic rings. The van der Waals surface area contributed by atoms with Gasteiger partial charge >= 0.3 is 0 Å². The molecular weight excluding hydrogens is 549 g/mol. The maximum Gasteiger partial charge on any atom is 0.240 e. The van der Waals surface area contributed by atoms with E-state index in [2.05, 4.69) is 15.6 Å². The second-order valence-electron chi connectivity index (χ2n) is 10.2. The molecule has 0 spiro atoms. The third kappa shape index (κ3) is 6.11. The Kier molecular flexibility index (Phi) is 7.61. The number of rotatable bonds is 10. The van der Waals surface area contributed by atoms with Crippen molar-refractivity contribution >= 4 is 34.1 Å². The average molecular weight is 578 g/mol. The number of pyridine rings is 1. The highest BCUT2D eigenvalue weighted by Gasteiger charge is 2.56. The standard InChI is InChI=1S/C34H28FN3O5/c1-41-30-20-28-27(19-31(30)42-21-22-5-3-2-4-6-22)29(15-18-36-28)43-26-13-11-25(12-14-26)38-33(40)34(16-17-34)32(39)37-24-9-7-23(35)8-10-24/h2-15,18-20H,16-17,21H2,1H3,(H,37,39)(H,38,40). The van der Waals surface area contributed by atoms with Crippen LogP contribution >= 0.6 is 0 Å². The quantitative estimate of drug-likeness (QED) is 0.172. The zero-order valence-corrected chi connectivity index (χ0v) is 23.3. The highest BCUT2D eigenvalue weighted by atomic mass is 19.1. The minimum atomic E-state index is -1.15. The lowest BCUT2D eigenvalue weighted by Crippen LogP contribution is -2.35. The number of hydrogen-bond donors (Lipinski definition) is 2. The number of anilines is 2. The van der Waals surface area contributed by atoms with E-state index in [1.807, 2.05) is 36.4 Å². The van der Waals surface area contributed by atoms with Crippen molar-refractivity contribution in [2.75, 3.05) is 17.7 Å². The zero-order valence-electron chi connectivity index (χ0n) is 23.3. The summed E-state index contributed by atoms with van der Waals surface area (Å²) in [5.41, 5.74) is 1.52. The fourth-order valence-electron chi connectivity index (χ4n) is 4.68. The third-order valence-corrected chi connectivity index (χ3v) is 7.29. The van der Waals surface area contributed by atoms with Gasteiger partial charge in [0, 0.05) is 29.0 Å². The van der Waals surface area contributed by atoms with Gasteiger partial charge in [0.2, 0.25) is 11.8 Å². The van der Waals surface area contributed by atoms with E-state index in [4.69, 9.17) is 14.2 Å². The second kappa shape index (κ2) is 11.8. The molecule has 43 heavy (non-hydrogen) atoms. The molecule has 0 unspecified atom stereocenters. The molecule has 9 heteroatoms. The predicted octanol–water partition coefficient (Wildman–Crippen LogP) is 7.11. The van der Waals surface area contributed by atoms with Crippen LogP contribution in [0.3, 0.4) is 0 Å². The number of hydrogen-bond acceptors (Lipinski definition) is 6. The van der Waals surface area contributed by atoms with E-state index < -0.39 is 23.0 Å². The van der Waals surface area contributed by atoms with Crippen molar-refractivity contribution in [1.29, 1.82) is 0 Å². The van der Waals surface area contributed by atoms with Crippen molar-refractivity contribution in [2.24, 2.45) is 5.41 Å². The first-order valence-corrected chi connectivity index (χ1v) is 13.7. The van der Waals surface area contributed by atoms with E-state index in [0.717, 1.165) is 10.9 Å². The normalized spacial score (nSPS) is 13.2. The average Bonchev–Trinajstić information content (AvgIpc) is 3.85. The molecule has 0 radical (unpaired) electrons. The van der Waals surface area contributed by atoms with E-state index in [-0.39, 0.29) is 0 Å². The number of carbonyl (C=O) groups excluding carboxylic acids is 2. The molecule has 6 rings (SSSR count). The number of fused-ring (bicyclic) bond motifs is 1. The first kappa shape index (κ1) is 27.7. The number of nitrogens with one attached hydrogen (secondary N) is 2. The number of halogens is 1. The lowest BCUT2D eigenvalue weighted by molar-refractivity contribution is -0.131. The van der Waals surface area contributed by atoms with Gasteiger partial charge in [0.15, 0.2) is 11.5 Å². The van der Waals surface area contributed by atoms with Crippen LogP contribution in [0.25, 0.3) is 10.9 Å². The Morgan fingerprint density at radius 2 is 1.47 bits per heavy atom. The molecular formula is C34H28FN3O5. The number of methoxy groups -OCH3 is 1. The maximum atomic E-state index is 13.2. The molecule has 1 saturated carbocycles. The summed E-state index contributed by atoms with van der Waals surface area (Å²) in [5.74, 6) is 1.04. The van der Waals surface area contributed by atoms with Crippen LogP contribution in [0.1, 0.15) is 18.4 Å². The molecule has 8 nitrogen and oxygen atoms in total. The van der Waals surface area contributed by atoms with E-state index in [0.29, 0.717) is 59.3 Å². The molecule has 5 aromatic rings. The van der Waals surface area contributed by atoms with Crippen molar-refractivity contribution in [3.05, 3.63) is 115 Å². The van der Waals surface area contributed by atoms with Crippen LogP contribution in [0.15, 0.2) is 103 Å². The lowest BCUT2D eigenvalue weighted by Gasteiger charge is -2.16. The van der Waals surface area contributed by atoms with Gasteiger partial charge in [-0.1, -0.05) is 30.3 Å². The Morgan fingerprint density at radius 1 is 0.814 bits per heavy atom. The Hall–Kier alpha value is -5.44. The number of ether oxygens (including phenoxy) is 3. The Labute approximate surface area is 247 Å². The van der Waals surface area contributed by atoms with Gasteiger partial charge in [-0.25, -0.2) is 4.39 Å². The van der Waals surface area contributed by atoms with Gasteiger partial charge in [-0.2, -0.15) is 0 Å². The topological polar surface area (TPSA) is 98.8 Å². The second-order valence-corrected chi connectivity index (χ2v) is 10.2. The minimum Gasteiger partial charge on any atom is -0.493 e. The van der Waals surface area contributed by atoms with Gasteiger partial charge in [0.1, 0.15) is 29.3 Å². The Bertz CT molecular complexity index is 1770. The summed E-state index contributed by atoms with van der Waals surface area (Å²) < 4.78 is 31.0. The largest absolute Gasteiger partial charge is 0.493 e. The van der Waals surface area contributed by atoms with Crippen molar-refractivity contribution < 1.29 is 28.2 Å². The van der Waals surface area contributed by atoms with Crippen molar-refractivity contribution in [2.45, 2.75) is 19.4 Å². The molecule has 0 atom stereocenters. The molecule has 1 aliphatic carbocycles. The van der Waals surface area contributed by atoms with Crippen LogP contribution in [0.2, 0.25) is 0 Å². The summed E-state index contributed by atoms with van der Waals surface area (Å²) in [6.45, 7) is 0.377. The summed E-state index contributed by atoms with van der Waals surface area (Å²) in [4.78, 5) is 30.3. The van der Waals surface area contributed by atoms with Crippen LogP contribution in [0.5, 0.6) is 23.0 Å². The van der Waals surface area contributed by atoms with Gasteiger partial charge in [-0.3, -0.25) is 14.6 Å². The van der Waals surface area contributed by atoms with Crippen LogP contribution in [0.4, 0.5) is 15.8 Å². The van der Waals surface area contributed by atoms with Gasteiger partial charge in [0.25, 0.3) is 0 Å². The van der Waals surface area contributed by atoms with Gasteiger partial charge in [-0.15, -0.1) is 0 Å². The van der Waals surface area contributed by atoms with E-state index in [1.165, 1.54) is 24.3 Å². The monoisotopic (exact) mass is 577 g/mol. The maximum absolute atomic E-state index is 13.2. The number of aromatic nitrogens is 1.